The van der Waals surface area contributed by atoms with E-state index in [9.17, 15) is 20.1 Å². The number of ether oxygens (including phenoxy) is 1. The van der Waals surface area contributed by atoms with Crippen LogP contribution in [0.15, 0.2) is 18.2 Å². The molecule has 1 aromatic rings. The standard InChI is InChI=1S/C14H19NO5/c1-15(9-14(19)2-4-20-5-3-14)13(18)10-6-11(16)8-12(17)7-10/h6-8,16-17,19H,2-5,9H2,1H3. The molecule has 20 heavy (non-hydrogen) atoms. The molecule has 1 saturated heterocycles. The molecular weight excluding hydrogens is 262 g/mol. The molecule has 6 nitrogen and oxygen atoms in total. The van der Waals surface area contributed by atoms with Crippen LogP contribution >= 0.6 is 0 Å². The van der Waals surface area contributed by atoms with Crippen molar-refractivity contribution < 1.29 is 24.9 Å². The molecule has 1 aromatic carbocycles. The third kappa shape index (κ3) is 3.40. The highest BCUT2D eigenvalue weighted by atomic mass is 16.5. The average molecular weight is 281 g/mol. The minimum absolute atomic E-state index is 0.175. The molecule has 0 saturated carbocycles. The first kappa shape index (κ1) is 14.6. The second-order valence-electron chi connectivity index (χ2n) is 5.24. The van der Waals surface area contributed by atoms with Gasteiger partial charge < -0.3 is 25.0 Å². The molecule has 0 spiro atoms. The Morgan fingerprint density at radius 1 is 1.25 bits per heavy atom. The molecule has 0 bridgehead atoms. The number of phenols is 2. The van der Waals surface area contributed by atoms with E-state index in [-0.39, 0.29) is 29.5 Å². The fraction of sp³-hybridized carbons (Fsp3) is 0.500. The second-order valence-corrected chi connectivity index (χ2v) is 5.24. The van der Waals surface area contributed by atoms with Crippen LogP contribution in [0.25, 0.3) is 0 Å². The van der Waals surface area contributed by atoms with E-state index in [1.165, 1.54) is 17.0 Å². The van der Waals surface area contributed by atoms with Crippen molar-refractivity contribution in [2.45, 2.75) is 18.4 Å². The van der Waals surface area contributed by atoms with E-state index in [0.29, 0.717) is 26.1 Å². The zero-order valence-corrected chi connectivity index (χ0v) is 11.4. The topological polar surface area (TPSA) is 90.2 Å². The molecule has 1 fully saturated rings. The number of carbonyl (C=O) groups excluding carboxylic acids is 1. The van der Waals surface area contributed by atoms with Crippen molar-refractivity contribution in [1.82, 2.24) is 4.90 Å². The van der Waals surface area contributed by atoms with Crippen molar-refractivity contribution in [3.8, 4) is 11.5 Å². The maximum Gasteiger partial charge on any atom is 0.253 e. The van der Waals surface area contributed by atoms with Gasteiger partial charge in [0.1, 0.15) is 11.5 Å². The number of hydrogen-bond donors (Lipinski definition) is 3. The van der Waals surface area contributed by atoms with Crippen LogP contribution in [-0.2, 0) is 4.74 Å². The molecule has 0 aliphatic carbocycles. The number of hydrogen-bond acceptors (Lipinski definition) is 5. The van der Waals surface area contributed by atoms with Crippen LogP contribution in [0.1, 0.15) is 23.2 Å². The second kappa shape index (κ2) is 5.68. The molecule has 2 rings (SSSR count). The van der Waals surface area contributed by atoms with Crippen LogP contribution in [0.5, 0.6) is 11.5 Å². The number of likely N-dealkylation sites (N-methyl/N-ethyl adjacent to an activating group) is 1. The maximum absolute atomic E-state index is 12.2. The van der Waals surface area contributed by atoms with Crippen molar-refractivity contribution in [3.63, 3.8) is 0 Å². The van der Waals surface area contributed by atoms with E-state index in [1.54, 1.807) is 7.05 Å². The molecule has 6 heteroatoms. The maximum atomic E-state index is 12.2. The summed E-state index contributed by atoms with van der Waals surface area (Å²) >= 11 is 0. The Kier molecular flexibility index (Phi) is 4.15. The van der Waals surface area contributed by atoms with Gasteiger partial charge in [-0.25, -0.2) is 0 Å². The predicted octanol–water partition coefficient (Wildman–Crippen LogP) is 0.711. The fourth-order valence-electron chi connectivity index (χ4n) is 2.36. The summed E-state index contributed by atoms with van der Waals surface area (Å²) in [7, 11) is 1.58. The van der Waals surface area contributed by atoms with Crippen molar-refractivity contribution in [2.24, 2.45) is 0 Å². The number of benzene rings is 1. The van der Waals surface area contributed by atoms with Gasteiger partial charge in [0.05, 0.1) is 5.60 Å². The first-order chi connectivity index (χ1) is 9.39. The van der Waals surface area contributed by atoms with Gasteiger partial charge in [-0.05, 0) is 12.1 Å². The number of phenolic OH excluding ortho intramolecular Hbond substituents is 2. The van der Waals surface area contributed by atoms with Crippen LogP contribution in [0, 0.1) is 0 Å². The molecule has 110 valence electrons. The van der Waals surface area contributed by atoms with Gasteiger partial charge in [-0.3, -0.25) is 4.79 Å². The summed E-state index contributed by atoms with van der Waals surface area (Å²) < 4.78 is 5.19. The van der Waals surface area contributed by atoms with Crippen LogP contribution in [0.2, 0.25) is 0 Å². The van der Waals surface area contributed by atoms with Crippen LogP contribution < -0.4 is 0 Å². The van der Waals surface area contributed by atoms with E-state index in [2.05, 4.69) is 0 Å². The lowest BCUT2D eigenvalue weighted by molar-refractivity contribution is -0.0734. The normalized spacial score (nSPS) is 17.7. The monoisotopic (exact) mass is 281 g/mol. The molecule has 3 N–H and O–H groups in total. The Balaban J connectivity index is 2.08. The smallest absolute Gasteiger partial charge is 0.253 e. The molecule has 0 aromatic heterocycles. The van der Waals surface area contributed by atoms with E-state index < -0.39 is 5.60 Å². The lowest BCUT2D eigenvalue weighted by atomic mass is 9.93. The summed E-state index contributed by atoms with van der Waals surface area (Å²) in [6.45, 7) is 1.14. The Labute approximate surface area is 117 Å². The van der Waals surface area contributed by atoms with E-state index in [1.807, 2.05) is 0 Å². The van der Waals surface area contributed by atoms with Crippen LogP contribution in [0.4, 0.5) is 0 Å². The number of aromatic hydroxyl groups is 2. The van der Waals surface area contributed by atoms with E-state index in [0.717, 1.165) is 6.07 Å². The summed E-state index contributed by atoms with van der Waals surface area (Å²) in [5.41, 5.74) is -0.762. The van der Waals surface area contributed by atoms with Crippen molar-refractivity contribution in [1.29, 1.82) is 0 Å². The fourth-order valence-corrected chi connectivity index (χ4v) is 2.36. The molecule has 1 amide bonds. The Morgan fingerprint density at radius 3 is 2.35 bits per heavy atom. The molecule has 0 radical (unpaired) electrons. The van der Waals surface area contributed by atoms with Gasteiger partial charge in [0.2, 0.25) is 0 Å². The predicted molar refractivity (Wildman–Crippen MR) is 71.7 cm³/mol. The summed E-state index contributed by atoms with van der Waals surface area (Å²) in [4.78, 5) is 13.6. The SMILES string of the molecule is CN(CC1(O)CCOCC1)C(=O)c1cc(O)cc(O)c1. The van der Waals surface area contributed by atoms with Gasteiger partial charge in [-0.1, -0.05) is 0 Å². The summed E-state index contributed by atoms with van der Waals surface area (Å²) in [5.74, 6) is -0.714. The van der Waals surface area contributed by atoms with Crippen molar-refractivity contribution >= 4 is 5.91 Å². The number of aliphatic hydroxyl groups is 1. The Morgan fingerprint density at radius 2 is 1.80 bits per heavy atom. The summed E-state index contributed by atoms with van der Waals surface area (Å²) in [6.07, 6.45) is 0.964. The first-order valence-corrected chi connectivity index (χ1v) is 6.48. The lowest BCUT2D eigenvalue weighted by Gasteiger charge is -2.35. The Hall–Kier alpha value is -1.79. The summed E-state index contributed by atoms with van der Waals surface area (Å²) in [6, 6.07) is 3.72. The van der Waals surface area contributed by atoms with Gasteiger partial charge in [-0.2, -0.15) is 0 Å². The van der Waals surface area contributed by atoms with Crippen LogP contribution in [0.3, 0.4) is 0 Å². The quantitative estimate of drug-likeness (QED) is 0.759. The molecular formula is C14H19NO5. The number of carbonyl (C=O) groups is 1. The zero-order valence-electron chi connectivity index (χ0n) is 11.4. The van der Waals surface area contributed by atoms with E-state index >= 15 is 0 Å². The number of amides is 1. The highest BCUT2D eigenvalue weighted by Gasteiger charge is 2.32. The van der Waals surface area contributed by atoms with Crippen LogP contribution in [-0.4, -0.2) is 58.5 Å². The number of nitrogens with zero attached hydrogens (tertiary/aromatic N) is 1. The van der Waals surface area contributed by atoms with Crippen molar-refractivity contribution in [3.05, 3.63) is 23.8 Å². The first-order valence-electron chi connectivity index (χ1n) is 6.48. The van der Waals surface area contributed by atoms with Gasteiger partial charge in [0, 0.05) is 51.3 Å². The van der Waals surface area contributed by atoms with Crippen molar-refractivity contribution in [2.75, 3.05) is 26.8 Å². The molecule has 1 aliphatic heterocycles. The Bertz CT molecular complexity index is 476. The third-order valence-corrected chi connectivity index (χ3v) is 3.45. The highest BCUT2D eigenvalue weighted by Crippen LogP contribution is 2.24. The van der Waals surface area contributed by atoms with Gasteiger partial charge in [0.25, 0.3) is 5.91 Å². The molecule has 1 aliphatic rings. The van der Waals surface area contributed by atoms with Gasteiger partial charge >= 0.3 is 0 Å². The summed E-state index contributed by atoms with van der Waals surface area (Å²) in [5, 5.41) is 29.2. The number of rotatable bonds is 3. The highest BCUT2D eigenvalue weighted by molar-refractivity contribution is 5.95. The molecule has 0 unspecified atom stereocenters. The van der Waals surface area contributed by atoms with E-state index in [4.69, 9.17) is 4.74 Å². The average Bonchev–Trinajstić information content (AvgIpc) is 2.37. The minimum atomic E-state index is -0.943. The minimum Gasteiger partial charge on any atom is -0.508 e. The largest absolute Gasteiger partial charge is 0.508 e. The van der Waals surface area contributed by atoms with Gasteiger partial charge in [-0.15, -0.1) is 0 Å². The lowest BCUT2D eigenvalue weighted by Crippen LogP contribution is -2.47. The molecule has 0 atom stereocenters. The third-order valence-electron chi connectivity index (χ3n) is 3.45. The van der Waals surface area contributed by atoms with Gasteiger partial charge in [0.15, 0.2) is 0 Å². The molecule has 1 heterocycles. The zero-order chi connectivity index (χ0) is 14.8.